The van der Waals surface area contributed by atoms with E-state index in [0.29, 0.717) is 15.6 Å². The molecule has 0 radical (unpaired) electrons. The van der Waals surface area contributed by atoms with Crippen LogP contribution in [0, 0.1) is 18.3 Å². The Hall–Kier alpha value is -1.88. The Labute approximate surface area is 162 Å². The minimum atomic E-state index is -0.559. The number of carbonyl (C=O) groups excluding carboxylic acids is 2. The number of halogens is 2. The lowest BCUT2D eigenvalue weighted by molar-refractivity contribution is -0.121. The molecule has 5 nitrogen and oxygen atoms in total. The van der Waals surface area contributed by atoms with Crippen molar-refractivity contribution in [1.82, 2.24) is 0 Å². The van der Waals surface area contributed by atoms with E-state index < -0.39 is 18.5 Å². The van der Waals surface area contributed by atoms with Crippen LogP contribution in [0.3, 0.4) is 0 Å². The third-order valence-electron chi connectivity index (χ3n) is 3.30. The van der Waals surface area contributed by atoms with E-state index in [1.165, 1.54) is 16.2 Å². The fourth-order valence-electron chi connectivity index (χ4n) is 2.06. The number of nitrogens with zero attached hydrogens (tertiary/aromatic N) is 2. The number of hydrogen-bond acceptors (Lipinski definition) is 5. The van der Waals surface area contributed by atoms with Crippen molar-refractivity contribution in [3.05, 3.63) is 49.6 Å². The third kappa shape index (κ3) is 5.30. The van der Waals surface area contributed by atoms with Gasteiger partial charge in [-0.2, -0.15) is 5.26 Å². The number of aryl methyl sites for hydroxylation is 1. The molecule has 8 heteroatoms. The normalized spacial score (nSPS) is 10.2. The van der Waals surface area contributed by atoms with Crippen LogP contribution in [0.15, 0.2) is 34.1 Å². The lowest BCUT2D eigenvalue weighted by Crippen LogP contribution is -2.35. The van der Waals surface area contributed by atoms with Crippen LogP contribution in [0.4, 0.5) is 5.69 Å². The van der Waals surface area contributed by atoms with Gasteiger partial charge in [-0.25, -0.2) is 4.79 Å². The van der Waals surface area contributed by atoms with Crippen molar-refractivity contribution in [2.75, 3.05) is 18.1 Å². The summed E-state index contributed by atoms with van der Waals surface area (Å²) in [6.45, 7) is 1.63. The highest BCUT2D eigenvalue weighted by Crippen LogP contribution is 2.24. The Morgan fingerprint density at radius 1 is 1.36 bits per heavy atom. The van der Waals surface area contributed by atoms with E-state index in [4.69, 9.17) is 21.6 Å². The zero-order chi connectivity index (χ0) is 18.4. The van der Waals surface area contributed by atoms with Gasteiger partial charge in [-0.05, 0) is 58.7 Å². The second-order valence-electron chi connectivity index (χ2n) is 5.07. The number of nitriles is 1. The number of benzene rings is 1. The van der Waals surface area contributed by atoms with Gasteiger partial charge in [-0.3, -0.25) is 4.79 Å². The summed E-state index contributed by atoms with van der Waals surface area (Å²) in [5.74, 6) is -0.961. The number of esters is 1. The standard InChI is InChI=1S/C17H14BrClN2O3S/c1-11-9-12(3-4-13(11)19)21(8-2-7-20)16(22)10-24-17(23)14-5-6-15(18)25-14/h3-6,9H,2,8,10H2,1H3. The van der Waals surface area contributed by atoms with Crippen molar-refractivity contribution in [2.45, 2.75) is 13.3 Å². The van der Waals surface area contributed by atoms with E-state index in [1.54, 1.807) is 30.3 Å². The van der Waals surface area contributed by atoms with Gasteiger partial charge < -0.3 is 9.64 Å². The molecule has 1 aromatic carbocycles. The van der Waals surface area contributed by atoms with Crippen LogP contribution in [0.25, 0.3) is 0 Å². The van der Waals surface area contributed by atoms with Crippen LogP contribution < -0.4 is 4.90 Å². The second kappa shape index (κ2) is 8.99. The van der Waals surface area contributed by atoms with Crippen LogP contribution >= 0.6 is 38.9 Å². The Bertz CT molecular complexity index is 832. The molecule has 1 heterocycles. The maximum Gasteiger partial charge on any atom is 0.348 e. The molecule has 0 spiro atoms. The summed E-state index contributed by atoms with van der Waals surface area (Å²) in [7, 11) is 0. The molecule has 0 N–H and O–H groups in total. The first-order chi connectivity index (χ1) is 11.9. The summed E-state index contributed by atoms with van der Waals surface area (Å²) in [5.41, 5.74) is 1.42. The minimum Gasteiger partial charge on any atom is -0.451 e. The van der Waals surface area contributed by atoms with E-state index in [9.17, 15) is 9.59 Å². The quantitative estimate of drug-likeness (QED) is 0.615. The molecule has 2 rings (SSSR count). The first-order valence-electron chi connectivity index (χ1n) is 7.28. The van der Waals surface area contributed by atoms with Gasteiger partial charge in [0.25, 0.3) is 5.91 Å². The smallest absolute Gasteiger partial charge is 0.348 e. The van der Waals surface area contributed by atoms with Gasteiger partial charge in [0.1, 0.15) is 4.88 Å². The van der Waals surface area contributed by atoms with Gasteiger partial charge in [0, 0.05) is 17.3 Å². The van der Waals surface area contributed by atoms with Gasteiger partial charge in [-0.1, -0.05) is 11.6 Å². The van der Waals surface area contributed by atoms with Gasteiger partial charge in [-0.15, -0.1) is 11.3 Å². The summed E-state index contributed by atoms with van der Waals surface area (Å²) in [6.07, 6.45) is 0.166. The third-order valence-corrected chi connectivity index (χ3v) is 5.33. The Balaban J connectivity index is 2.08. The first-order valence-corrected chi connectivity index (χ1v) is 9.27. The molecule has 130 valence electrons. The molecular weight excluding hydrogens is 428 g/mol. The van der Waals surface area contributed by atoms with Crippen LogP contribution in [-0.4, -0.2) is 25.0 Å². The van der Waals surface area contributed by atoms with Crippen molar-refractivity contribution in [3.63, 3.8) is 0 Å². The predicted octanol–water partition coefficient (Wildman–Crippen LogP) is 4.58. The lowest BCUT2D eigenvalue weighted by atomic mass is 10.2. The predicted molar refractivity (Wildman–Crippen MR) is 101 cm³/mol. The zero-order valence-corrected chi connectivity index (χ0v) is 16.4. The second-order valence-corrected chi connectivity index (χ2v) is 7.94. The molecule has 0 unspecified atom stereocenters. The molecular formula is C17H14BrClN2O3S. The Kier molecular flexibility index (Phi) is 7.00. The van der Waals surface area contributed by atoms with Gasteiger partial charge in [0.2, 0.25) is 0 Å². The highest BCUT2D eigenvalue weighted by atomic mass is 79.9. The molecule has 25 heavy (non-hydrogen) atoms. The van der Waals surface area contributed by atoms with Crippen molar-refractivity contribution in [1.29, 1.82) is 5.26 Å². The van der Waals surface area contributed by atoms with Crippen LogP contribution in [-0.2, 0) is 9.53 Å². The molecule has 0 atom stereocenters. The van der Waals surface area contributed by atoms with Gasteiger partial charge in [0.15, 0.2) is 6.61 Å². The van der Waals surface area contributed by atoms with Gasteiger partial charge in [0.05, 0.1) is 16.3 Å². The lowest BCUT2D eigenvalue weighted by Gasteiger charge is -2.22. The van der Waals surface area contributed by atoms with Crippen LogP contribution in [0.1, 0.15) is 21.7 Å². The van der Waals surface area contributed by atoms with Crippen LogP contribution in [0.5, 0.6) is 0 Å². The molecule has 1 amide bonds. The van der Waals surface area contributed by atoms with Crippen LogP contribution in [0.2, 0.25) is 5.02 Å². The largest absolute Gasteiger partial charge is 0.451 e. The molecule has 0 fully saturated rings. The number of amides is 1. The Morgan fingerprint density at radius 2 is 2.12 bits per heavy atom. The molecule has 0 bridgehead atoms. The first kappa shape index (κ1) is 19.4. The zero-order valence-electron chi connectivity index (χ0n) is 13.3. The molecule has 0 saturated carbocycles. The topological polar surface area (TPSA) is 70.4 Å². The average molecular weight is 442 g/mol. The fourth-order valence-corrected chi connectivity index (χ4v) is 3.45. The van der Waals surface area contributed by atoms with Crippen molar-refractivity contribution in [2.24, 2.45) is 0 Å². The molecule has 0 saturated heterocycles. The molecule has 0 aliphatic heterocycles. The molecule has 0 aliphatic rings. The monoisotopic (exact) mass is 440 g/mol. The number of carbonyl (C=O) groups is 2. The van der Waals surface area contributed by atoms with E-state index in [2.05, 4.69) is 15.9 Å². The number of anilines is 1. The number of ether oxygens (including phenoxy) is 1. The van der Waals surface area contributed by atoms with Crippen molar-refractivity contribution >= 4 is 56.4 Å². The molecule has 2 aromatic rings. The summed E-state index contributed by atoms with van der Waals surface area (Å²) >= 11 is 10.5. The summed E-state index contributed by atoms with van der Waals surface area (Å²) < 4.78 is 5.89. The van der Waals surface area contributed by atoms with Crippen molar-refractivity contribution in [3.8, 4) is 6.07 Å². The highest BCUT2D eigenvalue weighted by Gasteiger charge is 2.19. The summed E-state index contributed by atoms with van der Waals surface area (Å²) in [5, 5.41) is 9.40. The maximum atomic E-state index is 12.5. The van der Waals surface area contributed by atoms with E-state index in [0.717, 1.165) is 9.35 Å². The Morgan fingerprint density at radius 3 is 2.72 bits per heavy atom. The van der Waals surface area contributed by atoms with E-state index in [-0.39, 0.29) is 13.0 Å². The SMILES string of the molecule is Cc1cc(N(CCC#N)C(=O)COC(=O)c2ccc(Br)s2)ccc1Cl. The highest BCUT2D eigenvalue weighted by molar-refractivity contribution is 9.11. The van der Waals surface area contributed by atoms with E-state index >= 15 is 0 Å². The number of rotatable bonds is 6. The minimum absolute atomic E-state index is 0.166. The van der Waals surface area contributed by atoms with Crippen molar-refractivity contribution < 1.29 is 14.3 Å². The summed E-state index contributed by atoms with van der Waals surface area (Å²) in [6, 6.07) is 10.5. The summed E-state index contributed by atoms with van der Waals surface area (Å²) in [4.78, 5) is 26.3. The number of hydrogen-bond donors (Lipinski definition) is 0. The molecule has 0 aliphatic carbocycles. The average Bonchev–Trinajstić information content (AvgIpc) is 3.02. The van der Waals surface area contributed by atoms with Gasteiger partial charge >= 0.3 is 5.97 Å². The number of thiophene rings is 1. The molecule has 1 aromatic heterocycles. The van der Waals surface area contributed by atoms with E-state index in [1.807, 2.05) is 13.0 Å². The fraction of sp³-hybridized carbons (Fsp3) is 0.235. The maximum absolute atomic E-state index is 12.5.